The van der Waals surface area contributed by atoms with Crippen molar-refractivity contribution in [3.8, 4) is 0 Å². The highest BCUT2D eigenvalue weighted by atomic mass is 31.2. The fraction of sp³-hybridized carbons (Fsp3) is 0.943. The van der Waals surface area contributed by atoms with Crippen LogP contribution in [-0.4, -0.2) is 348 Å². The predicted molar refractivity (Wildman–Crippen MR) is 395 cm³/mol. The molecule has 13 N–H and O–H groups in total. The summed E-state index contributed by atoms with van der Waals surface area (Å²) >= 11 is 0. The number of hydrogen-bond acceptors (Lipinski definition) is 32. The average Bonchev–Trinajstić information content (AvgIpc) is 0.816. The number of phosphoric acid groups is 3. The molecule has 0 aliphatic carbocycles. The van der Waals surface area contributed by atoms with Crippen molar-refractivity contribution in [3.05, 3.63) is 0 Å². The molecule has 6 rings (SSSR count). The van der Waals surface area contributed by atoms with Crippen molar-refractivity contribution in [2.45, 2.75) is 262 Å². The lowest BCUT2D eigenvalue weighted by Crippen LogP contribution is -2.64. The molecule has 0 aromatic heterocycles. The van der Waals surface area contributed by atoms with Gasteiger partial charge in [-0.15, -0.1) is 0 Å². The van der Waals surface area contributed by atoms with Crippen molar-refractivity contribution >= 4 is 47.1 Å². The molecule has 9 unspecified atom stereocenters. The Morgan fingerprint density at radius 1 is 0.455 bits per heavy atom. The van der Waals surface area contributed by atoms with Crippen molar-refractivity contribution < 1.29 is 168 Å². The number of nitrogens with zero attached hydrogens (tertiary/aromatic N) is 3. The lowest BCUT2D eigenvalue weighted by atomic mass is 9.92. The van der Waals surface area contributed by atoms with E-state index in [-0.39, 0.29) is 141 Å². The maximum atomic E-state index is 13.0. The van der Waals surface area contributed by atoms with Crippen molar-refractivity contribution in [2.75, 3.05) is 145 Å². The van der Waals surface area contributed by atoms with Crippen LogP contribution in [0.25, 0.3) is 0 Å². The Hall–Kier alpha value is -2.55. The molecule has 42 heteroatoms. The summed E-state index contributed by atoms with van der Waals surface area (Å²) in [6.45, 7) is 13.3. The molecular weight excluding hydrogens is 1550 g/mol. The number of aliphatic hydroxyl groups excluding tert-OH is 9. The molecule has 6 aliphatic heterocycles. The van der Waals surface area contributed by atoms with Gasteiger partial charge in [0, 0.05) is 117 Å². The van der Waals surface area contributed by atoms with E-state index in [4.69, 9.17) is 79.6 Å². The molecule has 0 spiro atoms. The molecule has 39 nitrogen and oxygen atoms in total. The van der Waals surface area contributed by atoms with Gasteiger partial charge in [0.05, 0.1) is 108 Å². The van der Waals surface area contributed by atoms with E-state index in [0.717, 1.165) is 6.42 Å². The first-order valence-corrected chi connectivity index (χ1v) is 43.8. The van der Waals surface area contributed by atoms with Gasteiger partial charge in [-0.25, -0.2) is 13.7 Å². The number of hydrogen-bond donors (Lipinski definition) is 13. The van der Waals surface area contributed by atoms with Gasteiger partial charge in [0.2, 0.25) is 23.6 Å². The smallest absolute Gasteiger partial charge is 0.394 e. The monoisotopic (exact) mass is 1680 g/mol. The Morgan fingerprint density at radius 2 is 0.795 bits per heavy atom. The van der Waals surface area contributed by atoms with E-state index in [1.807, 2.05) is 20.8 Å². The summed E-state index contributed by atoms with van der Waals surface area (Å²) in [5.74, 6) is -1.57. The maximum absolute atomic E-state index is 13.0. The minimum atomic E-state index is -4.51. The highest BCUT2D eigenvalue weighted by molar-refractivity contribution is 7.48. The van der Waals surface area contributed by atoms with E-state index in [1.165, 1.54) is 6.92 Å². The summed E-state index contributed by atoms with van der Waals surface area (Å²) in [7, 11) is -13.4. The predicted octanol–water partition coefficient (Wildman–Crippen LogP) is 1.28. The molecule has 112 heavy (non-hydrogen) atoms. The second kappa shape index (κ2) is 51.8. The zero-order valence-electron chi connectivity index (χ0n) is 66.0. The topological polar surface area (TPSA) is 532 Å². The van der Waals surface area contributed by atoms with Gasteiger partial charge in [-0.2, -0.15) is 0 Å². The lowest BCUT2D eigenvalue weighted by molar-refractivity contribution is -0.282. The first-order chi connectivity index (χ1) is 53.2. The van der Waals surface area contributed by atoms with Crippen molar-refractivity contribution in [1.29, 1.82) is 0 Å². The minimum absolute atomic E-state index is 0.00527. The van der Waals surface area contributed by atoms with Crippen LogP contribution in [0.15, 0.2) is 0 Å². The number of nitrogens with one attached hydrogen (secondary N) is 1. The Kier molecular flexibility index (Phi) is 46.3. The number of piperidine rings is 3. The average molecular weight is 1680 g/mol. The van der Waals surface area contributed by atoms with Crippen molar-refractivity contribution in [1.82, 2.24) is 20.0 Å². The van der Waals surface area contributed by atoms with Crippen LogP contribution in [0.1, 0.15) is 158 Å². The highest BCUT2D eigenvalue weighted by Gasteiger charge is 2.47. The second-order valence-electron chi connectivity index (χ2n) is 29.5. The largest absolute Gasteiger partial charge is 0.472 e. The molecule has 0 saturated carbocycles. The zero-order valence-corrected chi connectivity index (χ0v) is 68.7. The fourth-order valence-electron chi connectivity index (χ4n) is 13.1. The SMILES string of the molecule is CCC(=O)N1CCC(OP(=O)(O)OCCCOCC(COCCCOP(=O)(O)OC2CCN(C(=O)CCCCO[C@@H]3OC(CO)[C@H](O)[C@H](O)C3C)CC2)(COCCCOP(=O)(O)OC2CCN(C(=O)CCCCO[C@@H]3OC(CO)[C@H](O)[C@H](O)C3C)CC2)COC(C)C)CC1.CCCO[C@@H]1OC(CO)[C@H](O)[C@H](O)C1NC(C)=O. The molecule has 6 saturated heterocycles. The molecule has 0 radical (unpaired) electrons. The van der Waals surface area contributed by atoms with E-state index in [2.05, 4.69) is 5.32 Å². The lowest BCUT2D eigenvalue weighted by Gasteiger charge is -2.42. The van der Waals surface area contributed by atoms with Crippen LogP contribution in [0, 0.1) is 17.3 Å². The van der Waals surface area contributed by atoms with Gasteiger partial charge in [-0.05, 0) is 104 Å². The quantitative estimate of drug-likeness (QED) is 0.0301. The molecule has 0 aromatic rings. The van der Waals surface area contributed by atoms with Crippen LogP contribution in [0.3, 0.4) is 0 Å². The van der Waals surface area contributed by atoms with Gasteiger partial charge in [0.1, 0.15) is 48.8 Å². The molecule has 18 atom stereocenters. The van der Waals surface area contributed by atoms with Gasteiger partial charge in [-0.1, -0.05) is 27.7 Å². The highest BCUT2D eigenvalue weighted by Crippen LogP contribution is 2.48. The molecule has 0 aromatic carbocycles. The summed E-state index contributed by atoms with van der Waals surface area (Å²) in [5.41, 5.74) is -0.965. The molecular formula is C70H131N4O35P3. The number of phosphoric ester groups is 3. The molecule has 656 valence electrons. The number of aliphatic hydroxyl groups is 9. The van der Waals surface area contributed by atoms with Crippen LogP contribution >= 0.6 is 23.5 Å². The van der Waals surface area contributed by atoms with Crippen LogP contribution in [0.5, 0.6) is 0 Å². The van der Waals surface area contributed by atoms with Gasteiger partial charge in [0.25, 0.3) is 0 Å². The van der Waals surface area contributed by atoms with Crippen LogP contribution < -0.4 is 5.32 Å². The normalized spacial score (nSPS) is 29.4. The number of amides is 4. The van der Waals surface area contributed by atoms with E-state index in [0.29, 0.717) is 117 Å². The zero-order chi connectivity index (χ0) is 82.6. The van der Waals surface area contributed by atoms with E-state index < -0.39 is 159 Å². The van der Waals surface area contributed by atoms with Gasteiger partial charge < -0.3 is 128 Å². The minimum Gasteiger partial charge on any atom is -0.394 e. The third-order valence-electron chi connectivity index (χ3n) is 19.8. The molecule has 0 bridgehead atoms. The van der Waals surface area contributed by atoms with Crippen molar-refractivity contribution in [2.24, 2.45) is 17.3 Å². The fourth-order valence-corrected chi connectivity index (χ4v) is 16.2. The molecule has 6 aliphatic rings. The number of ether oxygens (including phenoxy) is 10. The van der Waals surface area contributed by atoms with E-state index >= 15 is 0 Å². The summed E-state index contributed by atoms with van der Waals surface area (Å²) in [4.78, 5) is 85.8. The summed E-state index contributed by atoms with van der Waals surface area (Å²) in [5, 5.41) is 90.8. The molecule has 6 fully saturated rings. The standard InChI is InChI=1S/C59H110N3O29P3.C11H21NO6/c1-6-50(65)60-22-16-45(17-23-60)89-92(72,73)84-33-11-28-78-38-59(41-83-42(2)3,39-79-29-12-34-85-93(74,75)90-46-18-24-61(25-19-46)51(66)14-7-9-31-81-57-43(4)53(68)55(70)48(36-63)87-57)40-80-30-13-35-86-94(76,77)91-47-20-26-62(27-21-47)52(67)15-8-10-32-82-58-44(5)54(69)56(71)49(37-64)88-58;1-3-4-17-11-8(12-6(2)14)10(16)9(15)7(5-13)18-11/h42-49,53-58,63-64,68-71H,6-41H2,1-5H3,(H,72,73)(H,74,75)(H,76,77);7-11,13,15-16H,3-5H2,1-2H3,(H,12,14)/t43?,44?,48?,49?,53-,54-,55+,56+,57-,58-,59?;7?,8?,9-,10+,11+/m10/s1. The number of likely N-dealkylation sites (tertiary alicyclic amines) is 3. The third kappa shape index (κ3) is 35.4. The summed E-state index contributed by atoms with van der Waals surface area (Å²) in [6.07, 6.45) is -8.38. The first kappa shape index (κ1) is 100. The Morgan fingerprint density at radius 3 is 1.12 bits per heavy atom. The molecule has 6 heterocycles. The summed E-state index contributed by atoms with van der Waals surface area (Å²) < 4.78 is 129. The number of rotatable bonds is 50. The Labute approximate surface area is 656 Å². The van der Waals surface area contributed by atoms with Crippen LogP contribution in [0.2, 0.25) is 0 Å². The molecule has 4 amide bonds. The van der Waals surface area contributed by atoms with E-state index in [1.54, 1.807) is 35.5 Å². The van der Waals surface area contributed by atoms with Gasteiger partial charge in [0.15, 0.2) is 18.9 Å². The van der Waals surface area contributed by atoms with E-state index in [9.17, 15) is 88.4 Å². The number of carbonyl (C=O) groups excluding carboxylic acids is 4. The number of unbranched alkanes of at least 4 members (excludes halogenated alkanes) is 2. The van der Waals surface area contributed by atoms with Crippen LogP contribution in [0.4, 0.5) is 0 Å². The Balaban J connectivity index is 0.00000109. The first-order valence-electron chi connectivity index (χ1n) is 39.4. The van der Waals surface area contributed by atoms with Crippen LogP contribution in [-0.2, 0) is 107 Å². The van der Waals surface area contributed by atoms with Crippen molar-refractivity contribution in [3.63, 3.8) is 0 Å². The number of carbonyl (C=O) groups is 4. The van der Waals surface area contributed by atoms with Gasteiger partial charge >= 0.3 is 23.5 Å². The van der Waals surface area contributed by atoms with Gasteiger partial charge in [-0.3, -0.25) is 46.3 Å². The summed E-state index contributed by atoms with van der Waals surface area (Å²) in [6, 6.07) is -0.855. The second-order valence-corrected chi connectivity index (χ2v) is 33.7. The Bertz CT molecular complexity index is 2700. The maximum Gasteiger partial charge on any atom is 0.472 e. The third-order valence-corrected chi connectivity index (χ3v) is 23.0.